The number of hydrogen-bond donors (Lipinski definition) is 3. The largest absolute Gasteiger partial charge is 0.380 e. The Balaban J connectivity index is 1.93. The Bertz CT molecular complexity index is 1300. The van der Waals surface area contributed by atoms with Gasteiger partial charge in [0.25, 0.3) is 0 Å². The molecule has 2 aromatic heterocycles. The Hall–Kier alpha value is -3.00. The lowest BCUT2D eigenvalue weighted by atomic mass is 9.70. The number of nitrogen functional groups attached to an aromatic ring is 1. The van der Waals surface area contributed by atoms with Gasteiger partial charge < -0.3 is 15.2 Å². The summed E-state index contributed by atoms with van der Waals surface area (Å²) in [5.74, 6) is 0.383. The van der Waals surface area contributed by atoms with Gasteiger partial charge in [0.2, 0.25) is 10.0 Å². The second kappa shape index (κ2) is 6.81. The van der Waals surface area contributed by atoms with Crippen molar-refractivity contribution in [3.05, 3.63) is 53.7 Å². The number of benzene rings is 2. The maximum absolute atomic E-state index is 11.8. The average Bonchev–Trinajstić information content (AvgIpc) is 3.28. The molecule has 2 heterocycles. The molecule has 29 heavy (non-hydrogen) atoms. The first-order valence-electron chi connectivity index (χ1n) is 9.53. The van der Waals surface area contributed by atoms with Crippen LogP contribution in [0.15, 0.2) is 47.1 Å². The van der Waals surface area contributed by atoms with E-state index < -0.39 is 10.0 Å². The van der Waals surface area contributed by atoms with E-state index in [1.54, 1.807) is 6.07 Å². The van der Waals surface area contributed by atoms with Gasteiger partial charge in [-0.25, -0.2) is 8.42 Å². The van der Waals surface area contributed by atoms with Crippen molar-refractivity contribution in [3.63, 3.8) is 0 Å². The van der Waals surface area contributed by atoms with E-state index in [1.807, 2.05) is 30.5 Å². The number of aromatic nitrogens is 2. The predicted molar refractivity (Wildman–Crippen MR) is 117 cm³/mol. The van der Waals surface area contributed by atoms with Crippen LogP contribution >= 0.6 is 0 Å². The molecule has 4 rings (SSSR count). The lowest BCUT2D eigenvalue weighted by Gasteiger charge is -2.32. The average molecular weight is 413 g/mol. The van der Waals surface area contributed by atoms with Gasteiger partial charge in [-0.15, -0.1) is 0 Å². The number of rotatable bonds is 6. The molecule has 0 saturated heterocycles. The molecule has 8 heteroatoms. The molecule has 0 unspecified atom stereocenters. The summed E-state index contributed by atoms with van der Waals surface area (Å²) in [4.78, 5) is 3.28. The van der Waals surface area contributed by atoms with Crippen molar-refractivity contribution in [2.75, 3.05) is 16.7 Å². The highest BCUT2D eigenvalue weighted by atomic mass is 32.2. The standard InChI is InChI=1S/C21H24N4O3S/c1-4-21(5-2,13-9-10-15-18(11-13)28-24-20(15)22)16-12-23-19-14(16)7-6-8-17(19)25-29(3,26)27/h6-12,23,25H,4-5H2,1-3H3,(H2,22,24). The Morgan fingerprint density at radius 2 is 1.93 bits per heavy atom. The van der Waals surface area contributed by atoms with Crippen LogP contribution in [0.2, 0.25) is 0 Å². The lowest BCUT2D eigenvalue weighted by molar-refractivity contribution is 0.455. The summed E-state index contributed by atoms with van der Waals surface area (Å²) in [6.45, 7) is 4.31. The van der Waals surface area contributed by atoms with Crippen molar-refractivity contribution < 1.29 is 12.9 Å². The van der Waals surface area contributed by atoms with Crippen LogP contribution in [0.3, 0.4) is 0 Å². The molecule has 0 saturated carbocycles. The zero-order chi connectivity index (χ0) is 20.8. The molecule has 0 aliphatic rings. The molecular weight excluding hydrogens is 388 g/mol. The van der Waals surface area contributed by atoms with Gasteiger partial charge >= 0.3 is 0 Å². The van der Waals surface area contributed by atoms with Gasteiger partial charge in [-0.3, -0.25) is 4.72 Å². The first kappa shape index (κ1) is 19.3. The monoisotopic (exact) mass is 412 g/mol. The number of nitrogens with two attached hydrogens (primary N) is 1. The van der Waals surface area contributed by atoms with E-state index in [1.165, 1.54) is 0 Å². The van der Waals surface area contributed by atoms with E-state index >= 15 is 0 Å². The molecule has 7 nitrogen and oxygen atoms in total. The number of anilines is 2. The number of nitrogens with zero attached hydrogens (tertiary/aromatic N) is 1. The number of aromatic amines is 1. The molecule has 152 valence electrons. The summed E-state index contributed by atoms with van der Waals surface area (Å²) < 4.78 is 31.5. The van der Waals surface area contributed by atoms with Gasteiger partial charge in [0, 0.05) is 17.0 Å². The molecule has 0 aliphatic carbocycles. The van der Waals surface area contributed by atoms with Gasteiger partial charge in [0.1, 0.15) is 0 Å². The maximum Gasteiger partial charge on any atom is 0.229 e. The van der Waals surface area contributed by atoms with Crippen LogP contribution in [0.25, 0.3) is 21.9 Å². The van der Waals surface area contributed by atoms with Crippen molar-refractivity contribution in [1.82, 2.24) is 10.1 Å². The third-order valence-electron chi connectivity index (χ3n) is 5.79. The summed E-state index contributed by atoms with van der Waals surface area (Å²) in [6.07, 6.45) is 4.84. The summed E-state index contributed by atoms with van der Waals surface area (Å²) in [5, 5.41) is 5.65. The van der Waals surface area contributed by atoms with Crippen molar-refractivity contribution >= 4 is 43.4 Å². The van der Waals surface area contributed by atoms with Crippen molar-refractivity contribution in [3.8, 4) is 0 Å². The fourth-order valence-electron chi connectivity index (χ4n) is 4.28. The number of para-hydroxylation sites is 1. The van der Waals surface area contributed by atoms with Gasteiger partial charge in [0.15, 0.2) is 11.4 Å². The molecule has 0 amide bonds. The van der Waals surface area contributed by atoms with Gasteiger partial charge in [0.05, 0.1) is 22.8 Å². The van der Waals surface area contributed by atoms with E-state index in [4.69, 9.17) is 10.3 Å². The summed E-state index contributed by atoms with van der Waals surface area (Å²) in [6, 6.07) is 11.7. The van der Waals surface area contributed by atoms with Gasteiger partial charge in [-0.2, -0.15) is 0 Å². The molecule has 0 radical (unpaired) electrons. The molecule has 0 atom stereocenters. The van der Waals surface area contributed by atoms with Crippen molar-refractivity contribution in [1.29, 1.82) is 0 Å². The van der Waals surface area contributed by atoms with Crippen LogP contribution in [-0.4, -0.2) is 24.8 Å². The summed E-state index contributed by atoms with van der Waals surface area (Å²) in [7, 11) is -3.38. The summed E-state index contributed by atoms with van der Waals surface area (Å²) >= 11 is 0. The highest BCUT2D eigenvalue weighted by molar-refractivity contribution is 7.92. The fraction of sp³-hybridized carbons (Fsp3) is 0.286. The number of sulfonamides is 1. The highest BCUT2D eigenvalue weighted by Crippen LogP contribution is 2.44. The first-order chi connectivity index (χ1) is 13.8. The molecule has 0 aliphatic heterocycles. The number of fused-ring (bicyclic) bond motifs is 2. The zero-order valence-electron chi connectivity index (χ0n) is 16.6. The quantitative estimate of drug-likeness (QED) is 0.435. The number of H-pyrrole nitrogens is 1. The molecule has 4 aromatic rings. The minimum absolute atomic E-state index is 0.280. The fourth-order valence-corrected chi connectivity index (χ4v) is 4.85. The van der Waals surface area contributed by atoms with E-state index in [2.05, 4.69) is 34.8 Å². The molecule has 4 N–H and O–H groups in total. The maximum atomic E-state index is 11.8. The van der Waals surface area contributed by atoms with E-state index in [-0.39, 0.29) is 5.41 Å². The SMILES string of the molecule is CCC(CC)(c1ccc2c(N)noc2c1)c1c[nH]c2c(NS(C)(=O)=O)cccc12. The molecule has 0 spiro atoms. The Morgan fingerprint density at radius 3 is 2.62 bits per heavy atom. The van der Waals surface area contributed by atoms with E-state index in [0.29, 0.717) is 17.1 Å². The smallest absolute Gasteiger partial charge is 0.229 e. The van der Waals surface area contributed by atoms with E-state index in [0.717, 1.165) is 46.5 Å². The van der Waals surface area contributed by atoms with Crippen LogP contribution in [0.5, 0.6) is 0 Å². The second-order valence-electron chi connectivity index (χ2n) is 7.37. The zero-order valence-corrected chi connectivity index (χ0v) is 17.4. The van der Waals surface area contributed by atoms with Crippen LogP contribution in [0.4, 0.5) is 11.5 Å². The minimum Gasteiger partial charge on any atom is -0.380 e. The minimum atomic E-state index is -3.38. The first-order valence-corrected chi connectivity index (χ1v) is 11.4. The molecular formula is C21H24N4O3S. The van der Waals surface area contributed by atoms with Gasteiger partial charge in [-0.05, 0) is 42.2 Å². The summed E-state index contributed by atoms with van der Waals surface area (Å²) in [5.41, 5.74) is 9.77. The Kier molecular flexibility index (Phi) is 4.53. The number of hydrogen-bond acceptors (Lipinski definition) is 5. The topological polar surface area (TPSA) is 114 Å². The van der Waals surface area contributed by atoms with Crippen LogP contribution in [0, 0.1) is 0 Å². The highest BCUT2D eigenvalue weighted by Gasteiger charge is 2.34. The van der Waals surface area contributed by atoms with E-state index in [9.17, 15) is 8.42 Å². The molecule has 0 bridgehead atoms. The van der Waals surface area contributed by atoms with Crippen molar-refractivity contribution in [2.45, 2.75) is 32.1 Å². The lowest BCUT2D eigenvalue weighted by Crippen LogP contribution is -2.25. The Morgan fingerprint density at radius 1 is 1.17 bits per heavy atom. The van der Waals surface area contributed by atoms with Crippen LogP contribution in [-0.2, 0) is 15.4 Å². The second-order valence-corrected chi connectivity index (χ2v) is 9.12. The van der Waals surface area contributed by atoms with Crippen LogP contribution < -0.4 is 10.5 Å². The molecule has 0 fully saturated rings. The Labute approximate surface area is 169 Å². The van der Waals surface area contributed by atoms with Crippen LogP contribution in [0.1, 0.15) is 37.8 Å². The third-order valence-corrected chi connectivity index (χ3v) is 6.38. The van der Waals surface area contributed by atoms with Crippen molar-refractivity contribution in [2.24, 2.45) is 0 Å². The predicted octanol–water partition coefficient (Wildman–Crippen LogP) is 4.37. The molecule has 2 aromatic carbocycles. The third kappa shape index (κ3) is 3.13. The van der Waals surface area contributed by atoms with Gasteiger partial charge in [-0.1, -0.05) is 37.2 Å². The number of nitrogens with one attached hydrogen (secondary N) is 2. The normalized spacial score (nSPS) is 12.7.